The zero-order valence-electron chi connectivity index (χ0n) is 24.9. The highest BCUT2D eigenvalue weighted by atomic mass is 16.4. The van der Waals surface area contributed by atoms with Crippen molar-refractivity contribution in [3.63, 3.8) is 0 Å². The second-order valence-corrected chi connectivity index (χ2v) is 10.8. The van der Waals surface area contributed by atoms with Crippen molar-refractivity contribution in [3.05, 3.63) is 35.9 Å². The fourth-order valence-corrected chi connectivity index (χ4v) is 4.04. The van der Waals surface area contributed by atoms with Crippen molar-refractivity contribution >= 4 is 17.9 Å². The standard InChI is InChI=1S/C23H39N5.C6H12O7/c1-5-6-7-8-9-10-11-15-18-24-21-25-22(27-23(2,3)26-21)28(4)19-20-16-13-12-14-17-20;7-1-2(8)3(9)4(10)5(11)6(12)13/h12-14,16-17H,5-11,15,18-19H2,1-4H3,(H2,24,25,26,27);2-5,7-11H,1H2,(H,12,13)/t;2-,3-,4+,5-/m.1/s1. The quantitative estimate of drug-likeness (QED) is 0.132. The number of rotatable bonds is 16. The number of carboxylic acids is 1. The molecule has 1 aliphatic rings. The number of aliphatic carboxylic acids is 1. The summed E-state index contributed by atoms with van der Waals surface area (Å²) in [5.74, 6) is -0.0307. The molecule has 234 valence electrons. The number of aliphatic imine (C=N–C) groups is 2. The molecule has 1 aromatic carbocycles. The van der Waals surface area contributed by atoms with Crippen LogP contribution in [0.25, 0.3) is 0 Å². The van der Waals surface area contributed by atoms with Gasteiger partial charge in [-0.25, -0.2) is 9.79 Å². The first-order valence-electron chi connectivity index (χ1n) is 14.4. The number of hydrogen-bond donors (Lipinski definition) is 8. The smallest absolute Gasteiger partial charge is 0.335 e. The van der Waals surface area contributed by atoms with Crippen molar-refractivity contribution in [2.45, 2.75) is 109 Å². The lowest BCUT2D eigenvalue weighted by molar-refractivity contribution is -0.164. The maximum Gasteiger partial charge on any atom is 0.335 e. The van der Waals surface area contributed by atoms with Gasteiger partial charge >= 0.3 is 5.97 Å². The van der Waals surface area contributed by atoms with Crippen LogP contribution in [0.5, 0.6) is 0 Å². The molecule has 1 aliphatic heterocycles. The Labute approximate surface area is 243 Å². The van der Waals surface area contributed by atoms with E-state index in [9.17, 15) is 4.79 Å². The van der Waals surface area contributed by atoms with Crippen LogP contribution in [0.15, 0.2) is 40.3 Å². The molecular formula is C29H51N5O7. The predicted octanol–water partition coefficient (Wildman–Crippen LogP) is 1.41. The fraction of sp³-hybridized carbons (Fsp3) is 0.690. The summed E-state index contributed by atoms with van der Waals surface area (Å²) in [6, 6.07) is 10.5. The van der Waals surface area contributed by atoms with E-state index in [1.807, 2.05) is 6.07 Å². The zero-order valence-corrected chi connectivity index (χ0v) is 24.9. The van der Waals surface area contributed by atoms with Gasteiger partial charge < -0.3 is 40.9 Å². The fourth-order valence-electron chi connectivity index (χ4n) is 4.04. The van der Waals surface area contributed by atoms with E-state index in [-0.39, 0.29) is 5.66 Å². The third kappa shape index (κ3) is 14.6. The molecule has 0 saturated carbocycles. The van der Waals surface area contributed by atoms with Gasteiger partial charge in [0, 0.05) is 20.1 Å². The minimum Gasteiger partial charge on any atom is -0.479 e. The van der Waals surface area contributed by atoms with E-state index in [4.69, 9.17) is 40.6 Å². The lowest BCUT2D eigenvalue weighted by atomic mass is 10.0. The van der Waals surface area contributed by atoms with Crippen molar-refractivity contribution in [1.82, 2.24) is 15.5 Å². The Hall–Kier alpha value is -2.77. The second-order valence-electron chi connectivity index (χ2n) is 10.8. The largest absolute Gasteiger partial charge is 0.479 e. The summed E-state index contributed by atoms with van der Waals surface area (Å²) in [6.45, 7) is 7.25. The number of benzene rings is 1. The number of guanidine groups is 2. The maximum atomic E-state index is 10.1. The summed E-state index contributed by atoms with van der Waals surface area (Å²) in [6.07, 6.45) is 2.73. The van der Waals surface area contributed by atoms with Gasteiger partial charge in [-0.1, -0.05) is 82.2 Å². The van der Waals surface area contributed by atoms with Crippen LogP contribution in [0.1, 0.15) is 77.7 Å². The van der Waals surface area contributed by atoms with Crippen molar-refractivity contribution in [3.8, 4) is 0 Å². The average molecular weight is 582 g/mol. The third-order valence-corrected chi connectivity index (χ3v) is 6.45. The van der Waals surface area contributed by atoms with E-state index < -0.39 is 37.0 Å². The second kappa shape index (κ2) is 19.4. The van der Waals surface area contributed by atoms with Crippen LogP contribution in [-0.2, 0) is 11.3 Å². The van der Waals surface area contributed by atoms with Crippen LogP contribution in [0, 0.1) is 0 Å². The van der Waals surface area contributed by atoms with Gasteiger partial charge in [0.1, 0.15) is 24.0 Å². The number of nitrogens with zero attached hydrogens (tertiary/aromatic N) is 3. The molecule has 0 aliphatic carbocycles. The molecule has 0 fully saturated rings. The first-order chi connectivity index (χ1) is 19.4. The molecule has 1 heterocycles. The Kier molecular flexibility index (Phi) is 17.1. The van der Waals surface area contributed by atoms with E-state index in [0.29, 0.717) is 0 Å². The average Bonchev–Trinajstić information content (AvgIpc) is 2.94. The Bertz CT molecular complexity index is 929. The molecule has 0 radical (unpaired) electrons. The molecule has 8 N–H and O–H groups in total. The van der Waals surface area contributed by atoms with Crippen molar-refractivity contribution in [2.75, 3.05) is 20.2 Å². The lowest BCUT2D eigenvalue weighted by Crippen LogP contribution is -2.59. The molecule has 0 bridgehead atoms. The summed E-state index contributed by atoms with van der Waals surface area (Å²) in [5.41, 5.74) is 0.909. The highest BCUT2D eigenvalue weighted by Crippen LogP contribution is 2.12. The van der Waals surface area contributed by atoms with Crippen molar-refractivity contribution in [2.24, 2.45) is 9.98 Å². The molecule has 0 aromatic heterocycles. The van der Waals surface area contributed by atoms with Gasteiger partial charge in [-0.2, -0.15) is 0 Å². The first-order valence-corrected chi connectivity index (χ1v) is 14.4. The third-order valence-electron chi connectivity index (χ3n) is 6.45. The topological polar surface area (TPSA) is 190 Å². The summed E-state index contributed by atoms with van der Waals surface area (Å²) in [5, 5.41) is 58.6. The molecule has 0 saturated heterocycles. The molecule has 0 spiro atoms. The Morgan fingerprint density at radius 2 is 1.56 bits per heavy atom. The van der Waals surface area contributed by atoms with Gasteiger partial charge in [0.05, 0.1) is 6.61 Å². The van der Waals surface area contributed by atoms with Crippen molar-refractivity contribution < 1.29 is 35.4 Å². The molecule has 2 rings (SSSR count). The monoisotopic (exact) mass is 581 g/mol. The molecule has 4 atom stereocenters. The SMILES string of the molecule is CCCCCCCCCCN=C1NC(N(C)Cc2ccccc2)=NC(C)(C)N1.O=C(O)[C@H](O)[C@@H](O)[C@H](O)[C@H](O)CO. The van der Waals surface area contributed by atoms with Gasteiger partial charge in [-0.05, 0) is 25.8 Å². The van der Waals surface area contributed by atoms with E-state index in [1.165, 1.54) is 50.5 Å². The Morgan fingerprint density at radius 1 is 0.976 bits per heavy atom. The van der Waals surface area contributed by atoms with Crippen LogP contribution in [0.2, 0.25) is 0 Å². The molecule has 1 aromatic rings. The number of carboxylic acid groups (broad SMARTS) is 1. The molecule has 41 heavy (non-hydrogen) atoms. The summed E-state index contributed by atoms with van der Waals surface area (Å²) < 4.78 is 0. The molecule has 0 unspecified atom stereocenters. The normalized spacial score (nSPS) is 18.1. The maximum absolute atomic E-state index is 10.1. The van der Waals surface area contributed by atoms with E-state index >= 15 is 0 Å². The van der Waals surface area contributed by atoms with Crippen molar-refractivity contribution in [1.29, 1.82) is 0 Å². The Morgan fingerprint density at radius 3 is 2.12 bits per heavy atom. The van der Waals surface area contributed by atoms with Gasteiger partial charge in [0.15, 0.2) is 12.1 Å². The molecule has 0 amide bonds. The minimum absolute atomic E-state index is 0.357. The molecular weight excluding hydrogens is 530 g/mol. The Balaban J connectivity index is 0.000000545. The number of carbonyl (C=O) groups is 1. The summed E-state index contributed by atoms with van der Waals surface area (Å²) in [4.78, 5) is 21.8. The van der Waals surface area contributed by atoms with Crippen LogP contribution in [0.4, 0.5) is 0 Å². The number of unbranched alkanes of at least 4 members (excludes halogenated alkanes) is 7. The summed E-state index contributed by atoms with van der Waals surface area (Å²) >= 11 is 0. The van der Waals surface area contributed by atoms with E-state index in [0.717, 1.165) is 31.4 Å². The van der Waals surface area contributed by atoms with Crippen LogP contribution in [-0.4, -0.2) is 104 Å². The number of aliphatic hydroxyl groups excluding tert-OH is 5. The van der Waals surface area contributed by atoms with Gasteiger partial charge in [0.2, 0.25) is 5.96 Å². The minimum atomic E-state index is -2.20. The number of nitrogens with one attached hydrogen (secondary N) is 2. The summed E-state index contributed by atoms with van der Waals surface area (Å²) in [7, 11) is 2.07. The predicted molar refractivity (Wildman–Crippen MR) is 159 cm³/mol. The lowest BCUT2D eigenvalue weighted by Gasteiger charge is -2.34. The molecule has 12 heteroatoms. The van der Waals surface area contributed by atoms with Gasteiger partial charge in [-0.3, -0.25) is 10.3 Å². The van der Waals surface area contributed by atoms with Crippen LogP contribution >= 0.6 is 0 Å². The van der Waals surface area contributed by atoms with Gasteiger partial charge in [-0.15, -0.1) is 0 Å². The zero-order chi connectivity index (χ0) is 30.8. The van der Waals surface area contributed by atoms with E-state index in [1.54, 1.807) is 0 Å². The number of hydrogen-bond acceptors (Lipinski definition) is 9. The van der Waals surface area contributed by atoms with E-state index in [2.05, 4.69) is 67.6 Å². The highest BCUT2D eigenvalue weighted by Gasteiger charge is 2.34. The first kappa shape index (κ1) is 36.3. The highest BCUT2D eigenvalue weighted by molar-refractivity contribution is 6.00. The van der Waals surface area contributed by atoms with Crippen LogP contribution in [0.3, 0.4) is 0 Å². The number of aliphatic hydroxyl groups is 5. The van der Waals surface area contributed by atoms with Crippen LogP contribution < -0.4 is 10.6 Å². The molecule has 12 nitrogen and oxygen atoms in total. The van der Waals surface area contributed by atoms with Gasteiger partial charge in [0.25, 0.3) is 0 Å².